The molecule has 2 heteroatoms. The zero-order chi connectivity index (χ0) is 12.5. The van der Waals surface area contributed by atoms with Crippen LogP contribution in [0.3, 0.4) is 0 Å². The van der Waals surface area contributed by atoms with Gasteiger partial charge in [0.25, 0.3) is 0 Å². The second kappa shape index (κ2) is 4.93. The van der Waals surface area contributed by atoms with Crippen LogP contribution in [0.5, 0.6) is 5.75 Å². The Hall–Kier alpha value is -1.02. The van der Waals surface area contributed by atoms with E-state index in [1.165, 1.54) is 25.7 Å². The van der Waals surface area contributed by atoms with Crippen molar-refractivity contribution >= 4 is 0 Å². The summed E-state index contributed by atoms with van der Waals surface area (Å²) in [6.45, 7) is 2.90. The average Bonchev–Trinajstić information content (AvgIpc) is 2.99. The van der Waals surface area contributed by atoms with Gasteiger partial charge in [-0.1, -0.05) is 18.6 Å². The van der Waals surface area contributed by atoms with Crippen LogP contribution >= 0.6 is 0 Å². The van der Waals surface area contributed by atoms with Gasteiger partial charge >= 0.3 is 0 Å². The van der Waals surface area contributed by atoms with Gasteiger partial charge in [-0.3, -0.25) is 0 Å². The monoisotopic (exact) mass is 245 g/mol. The number of nitrogens with two attached hydrogens (primary N) is 1. The van der Waals surface area contributed by atoms with Crippen molar-refractivity contribution in [3.8, 4) is 5.75 Å². The highest BCUT2D eigenvalue weighted by atomic mass is 16.5. The summed E-state index contributed by atoms with van der Waals surface area (Å²) in [5.41, 5.74) is 7.05. The molecule has 0 saturated heterocycles. The standard InChI is InChI=1S/C16H23NO/c1-11(17)13-3-2-4-16(9-13)18-10-15-8-12-5-6-14(15)7-12/h2-4,9,11-12,14-15H,5-8,10,17H2,1H3/t11-,12?,14?,15?/m1/s1. The van der Waals surface area contributed by atoms with Crippen molar-refractivity contribution in [2.75, 3.05) is 6.61 Å². The zero-order valence-corrected chi connectivity index (χ0v) is 11.1. The molecule has 1 aromatic carbocycles. The molecule has 2 fully saturated rings. The lowest BCUT2D eigenvalue weighted by atomic mass is 9.89. The van der Waals surface area contributed by atoms with E-state index in [0.717, 1.165) is 35.7 Å². The van der Waals surface area contributed by atoms with E-state index in [1.807, 2.05) is 19.1 Å². The number of rotatable bonds is 4. The number of fused-ring (bicyclic) bond motifs is 2. The van der Waals surface area contributed by atoms with Crippen LogP contribution in [0.2, 0.25) is 0 Å². The van der Waals surface area contributed by atoms with Crippen LogP contribution in [0, 0.1) is 17.8 Å². The van der Waals surface area contributed by atoms with Gasteiger partial charge in [0.05, 0.1) is 6.61 Å². The zero-order valence-electron chi connectivity index (χ0n) is 11.1. The third kappa shape index (κ3) is 2.39. The molecule has 0 aliphatic heterocycles. The molecule has 2 aliphatic rings. The molecule has 4 atom stereocenters. The quantitative estimate of drug-likeness (QED) is 0.881. The Morgan fingerprint density at radius 1 is 1.33 bits per heavy atom. The molecule has 18 heavy (non-hydrogen) atoms. The highest BCUT2D eigenvalue weighted by Crippen LogP contribution is 2.48. The SMILES string of the molecule is C[C@@H](N)c1cccc(OCC2CC3CCC2C3)c1. The molecule has 3 rings (SSSR count). The highest BCUT2D eigenvalue weighted by molar-refractivity contribution is 5.30. The van der Waals surface area contributed by atoms with Gasteiger partial charge in [-0.15, -0.1) is 0 Å². The summed E-state index contributed by atoms with van der Waals surface area (Å²) >= 11 is 0. The van der Waals surface area contributed by atoms with Crippen molar-refractivity contribution < 1.29 is 4.74 Å². The van der Waals surface area contributed by atoms with Crippen molar-refractivity contribution in [2.45, 2.75) is 38.6 Å². The summed E-state index contributed by atoms with van der Waals surface area (Å²) in [7, 11) is 0. The number of ether oxygens (including phenoxy) is 1. The second-order valence-corrected chi connectivity index (χ2v) is 6.11. The van der Waals surface area contributed by atoms with Gasteiger partial charge in [-0.25, -0.2) is 0 Å². The van der Waals surface area contributed by atoms with Gasteiger partial charge < -0.3 is 10.5 Å². The lowest BCUT2D eigenvalue weighted by Gasteiger charge is -2.22. The minimum absolute atomic E-state index is 0.0797. The third-order valence-corrected chi connectivity index (χ3v) is 4.73. The Kier molecular flexibility index (Phi) is 3.29. The van der Waals surface area contributed by atoms with E-state index in [-0.39, 0.29) is 6.04 Å². The van der Waals surface area contributed by atoms with E-state index < -0.39 is 0 Å². The Morgan fingerprint density at radius 3 is 2.89 bits per heavy atom. The third-order valence-electron chi connectivity index (χ3n) is 4.73. The maximum absolute atomic E-state index is 5.98. The lowest BCUT2D eigenvalue weighted by Crippen LogP contribution is -2.18. The van der Waals surface area contributed by atoms with Crippen LogP contribution in [0.1, 0.15) is 44.2 Å². The van der Waals surface area contributed by atoms with Crippen LogP contribution < -0.4 is 10.5 Å². The molecule has 98 valence electrons. The summed E-state index contributed by atoms with van der Waals surface area (Å²) in [5, 5.41) is 0. The van der Waals surface area contributed by atoms with Crippen molar-refractivity contribution in [1.82, 2.24) is 0 Å². The fourth-order valence-corrected chi connectivity index (χ4v) is 3.67. The fraction of sp³-hybridized carbons (Fsp3) is 0.625. The second-order valence-electron chi connectivity index (χ2n) is 6.11. The first-order chi connectivity index (χ1) is 8.72. The van der Waals surface area contributed by atoms with Crippen molar-refractivity contribution in [2.24, 2.45) is 23.5 Å². The molecule has 3 unspecified atom stereocenters. The van der Waals surface area contributed by atoms with E-state index in [2.05, 4.69) is 12.1 Å². The van der Waals surface area contributed by atoms with Gasteiger partial charge in [-0.2, -0.15) is 0 Å². The molecule has 2 saturated carbocycles. The maximum atomic E-state index is 5.98. The summed E-state index contributed by atoms with van der Waals surface area (Å²) in [5.74, 6) is 3.71. The smallest absolute Gasteiger partial charge is 0.119 e. The number of hydrogen-bond donors (Lipinski definition) is 1. The topological polar surface area (TPSA) is 35.2 Å². The fourth-order valence-electron chi connectivity index (χ4n) is 3.67. The van der Waals surface area contributed by atoms with Crippen LogP contribution in [0.25, 0.3) is 0 Å². The van der Waals surface area contributed by atoms with Gasteiger partial charge in [0.1, 0.15) is 5.75 Å². The van der Waals surface area contributed by atoms with Gasteiger partial charge in [0.2, 0.25) is 0 Å². The largest absolute Gasteiger partial charge is 0.493 e. The molecule has 2 bridgehead atoms. The Bertz CT molecular complexity index is 415. The molecular weight excluding hydrogens is 222 g/mol. The highest BCUT2D eigenvalue weighted by Gasteiger charge is 2.39. The summed E-state index contributed by atoms with van der Waals surface area (Å²) in [4.78, 5) is 0. The first kappa shape index (κ1) is 12.0. The minimum Gasteiger partial charge on any atom is -0.493 e. The molecule has 0 heterocycles. The van der Waals surface area contributed by atoms with E-state index in [0.29, 0.717) is 0 Å². The molecule has 0 aromatic heterocycles. The van der Waals surface area contributed by atoms with Crippen molar-refractivity contribution in [3.05, 3.63) is 29.8 Å². The van der Waals surface area contributed by atoms with Crippen LogP contribution in [-0.4, -0.2) is 6.61 Å². The first-order valence-corrected chi connectivity index (χ1v) is 7.20. The minimum atomic E-state index is 0.0797. The Morgan fingerprint density at radius 2 is 2.22 bits per heavy atom. The predicted molar refractivity (Wildman–Crippen MR) is 73.5 cm³/mol. The summed E-state index contributed by atoms with van der Waals surface area (Å²) in [6.07, 6.45) is 5.73. The van der Waals surface area contributed by atoms with E-state index in [9.17, 15) is 0 Å². The van der Waals surface area contributed by atoms with Gasteiger partial charge in [0, 0.05) is 6.04 Å². The molecular formula is C16H23NO. The maximum Gasteiger partial charge on any atom is 0.119 e. The van der Waals surface area contributed by atoms with Crippen molar-refractivity contribution in [3.63, 3.8) is 0 Å². The first-order valence-electron chi connectivity index (χ1n) is 7.20. The van der Waals surface area contributed by atoms with Gasteiger partial charge in [0.15, 0.2) is 0 Å². The van der Waals surface area contributed by atoms with Crippen LogP contribution in [0.15, 0.2) is 24.3 Å². The normalized spacial score (nSPS) is 31.6. The number of hydrogen-bond acceptors (Lipinski definition) is 2. The van der Waals surface area contributed by atoms with E-state index >= 15 is 0 Å². The predicted octanol–water partition coefficient (Wildman–Crippen LogP) is 3.52. The lowest BCUT2D eigenvalue weighted by molar-refractivity contribution is 0.195. The van der Waals surface area contributed by atoms with E-state index in [1.54, 1.807) is 0 Å². The molecule has 0 radical (unpaired) electrons. The van der Waals surface area contributed by atoms with Crippen LogP contribution in [0.4, 0.5) is 0 Å². The molecule has 2 aliphatic carbocycles. The van der Waals surface area contributed by atoms with Crippen molar-refractivity contribution in [1.29, 1.82) is 0 Å². The molecule has 0 amide bonds. The average molecular weight is 245 g/mol. The Labute approximate surface area is 110 Å². The van der Waals surface area contributed by atoms with E-state index in [4.69, 9.17) is 10.5 Å². The Balaban J connectivity index is 1.58. The van der Waals surface area contributed by atoms with Crippen LogP contribution in [-0.2, 0) is 0 Å². The molecule has 2 nitrogen and oxygen atoms in total. The van der Waals surface area contributed by atoms with Gasteiger partial charge in [-0.05, 0) is 61.6 Å². The number of benzene rings is 1. The molecule has 2 N–H and O–H groups in total. The summed E-state index contributed by atoms with van der Waals surface area (Å²) in [6, 6.07) is 8.30. The molecule has 0 spiro atoms. The summed E-state index contributed by atoms with van der Waals surface area (Å²) < 4.78 is 5.98. The molecule has 1 aromatic rings.